The van der Waals surface area contributed by atoms with Gasteiger partial charge in [0.05, 0.1) is 34.0 Å². The molecule has 1 amide bonds. The Morgan fingerprint density at radius 2 is 2.04 bits per heavy atom. The predicted octanol–water partition coefficient (Wildman–Crippen LogP) is 0.398. The molecule has 1 unspecified atom stereocenters. The predicted molar refractivity (Wildman–Crippen MR) is 94.7 cm³/mol. The van der Waals surface area contributed by atoms with Gasteiger partial charge in [-0.25, -0.2) is 0 Å². The van der Waals surface area contributed by atoms with Gasteiger partial charge in [0, 0.05) is 19.2 Å². The van der Waals surface area contributed by atoms with Crippen LogP contribution in [0.5, 0.6) is 11.8 Å². The van der Waals surface area contributed by atoms with E-state index in [9.17, 15) is 9.90 Å². The Morgan fingerprint density at radius 3 is 2.73 bits per heavy atom. The molecule has 2 saturated heterocycles. The maximum Gasteiger partial charge on any atom is 0.259 e. The fourth-order valence-electron chi connectivity index (χ4n) is 3.57. The van der Waals surface area contributed by atoms with E-state index < -0.39 is 5.60 Å². The van der Waals surface area contributed by atoms with Gasteiger partial charge >= 0.3 is 0 Å². The fraction of sp³-hybridized carbons (Fsp3) is 0.667. The van der Waals surface area contributed by atoms with E-state index in [0.717, 1.165) is 25.9 Å². The molecule has 8 heteroatoms. The van der Waals surface area contributed by atoms with Crippen molar-refractivity contribution in [3.63, 3.8) is 0 Å². The number of hydrogen-bond acceptors (Lipinski definition) is 7. The highest BCUT2D eigenvalue weighted by atomic mass is 16.5. The summed E-state index contributed by atoms with van der Waals surface area (Å²) < 4.78 is 15.9. The number of aromatic nitrogens is 1. The first-order chi connectivity index (χ1) is 12.5. The minimum atomic E-state index is -1.08. The molecule has 1 aromatic heterocycles. The first-order valence-electron chi connectivity index (χ1n) is 8.95. The van der Waals surface area contributed by atoms with Crippen molar-refractivity contribution in [1.82, 2.24) is 14.8 Å². The summed E-state index contributed by atoms with van der Waals surface area (Å²) in [6.07, 6.45) is 2.29. The van der Waals surface area contributed by atoms with Gasteiger partial charge in [-0.1, -0.05) is 0 Å². The van der Waals surface area contributed by atoms with Crippen LogP contribution >= 0.6 is 0 Å². The Kier molecular flexibility index (Phi) is 5.95. The third-order valence-electron chi connectivity index (χ3n) is 4.83. The summed E-state index contributed by atoms with van der Waals surface area (Å²) in [5.41, 5.74) is -0.734. The number of ether oxygens (including phenoxy) is 3. The highest BCUT2D eigenvalue weighted by molar-refractivity contribution is 5.96. The van der Waals surface area contributed by atoms with Gasteiger partial charge in [0.1, 0.15) is 11.2 Å². The summed E-state index contributed by atoms with van der Waals surface area (Å²) in [5, 5.41) is 11.1. The van der Waals surface area contributed by atoms with Crippen molar-refractivity contribution in [1.29, 1.82) is 0 Å². The molecule has 0 aromatic carbocycles. The largest absolute Gasteiger partial charge is 0.481 e. The average Bonchev–Trinajstić information content (AvgIpc) is 3.07. The van der Waals surface area contributed by atoms with Crippen molar-refractivity contribution in [2.45, 2.75) is 18.4 Å². The first kappa shape index (κ1) is 18.9. The molecule has 0 saturated carbocycles. The Balaban J connectivity index is 1.77. The molecular weight excluding hydrogens is 338 g/mol. The monoisotopic (exact) mass is 365 g/mol. The van der Waals surface area contributed by atoms with E-state index in [1.165, 1.54) is 14.2 Å². The molecule has 2 aliphatic heterocycles. The second-order valence-corrected chi connectivity index (χ2v) is 6.90. The summed E-state index contributed by atoms with van der Waals surface area (Å²) in [5.74, 6) is 0.355. The van der Waals surface area contributed by atoms with Crippen LogP contribution in [0.3, 0.4) is 0 Å². The summed E-state index contributed by atoms with van der Waals surface area (Å²) in [4.78, 5) is 21.1. The van der Waals surface area contributed by atoms with Crippen LogP contribution in [0.25, 0.3) is 0 Å². The number of rotatable bonds is 5. The van der Waals surface area contributed by atoms with Crippen LogP contribution in [0.2, 0.25) is 0 Å². The molecule has 1 atom stereocenters. The SMILES string of the molecule is COc1ccc(C(=O)N2CCOCC(O)(CN3CCCC3)C2)c(OC)n1. The number of methoxy groups -OCH3 is 2. The summed E-state index contributed by atoms with van der Waals surface area (Å²) in [7, 11) is 2.97. The number of β-amino-alcohol motifs (C(OH)–C–C–N with tert-alkyl or cyclic N) is 1. The summed E-state index contributed by atoms with van der Waals surface area (Å²) in [6, 6.07) is 3.26. The fourth-order valence-corrected chi connectivity index (χ4v) is 3.57. The molecule has 0 radical (unpaired) electrons. The Hall–Kier alpha value is -1.90. The van der Waals surface area contributed by atoms with Crippen LogP contribution in [-0.2, 0) is 4.74 Å². The Labute approximate surface area is 153 Å². The molecule has 2 fully saturated rings. The zero-order valence-corrected chi connectivity index (χ0v) is 15.4. The highest BCUT2D eigenvalue weighted by Crippen LogP contribution is 2.24. The number of nitrogens with zero attached hydrogens (tertiary/aromatic N) is 3. The van der Waals surface area contributed by atoms with Crippen LogP contribution in [0.1, 0.15) is 23.2 Å². The molecule has 8 nitrogen and oxygen atoms in total. The Morgan fingerprint density at radius 1 is 1.27 bits per heavy atom. The molecule has 26 heavy (non-hydrogen) atoms. The second kappa shape index (κ2) is 8.20. The van der Waals surface area contributed by atoms with Crippen molar-refractivity contribution in [2.24, 2.45) is 0 Å². The number of aliphatic hydroxyl groups is 1. The van der Waals surface area contributed by atoms with Gasteiger partial charge in [0.15, 0.2) is 0 Å². The number of hydrogen-bond donors (Lipinski definition) is 1. The third kappa shape index (κ3) is 4.25. The lowest BCUT2D eigenvalue weighted by atomic mass is 10.0. The van der Waals surface area contributed by atoms with Crippen LogP contribution in [0.4, 0.5) is 0 Å². The van der Waals surface area contributed by atoms with Crippen LogP contribution in [-0.4, -0.2) is 91.6 Å². The van der Waals surface area contributed by atoms with Crippen LogP contribution in [0, 0.1) is 0 Å². The van der Waals surface area contributed by atoms with Crippen molar-refractivity contribution in [2.75, 3.05) is 60.2 Å². The zero-order chi connectivity index (χ0) is 18.6. The number of pyridine rings is 1. The smallest absolute Gasteiger partial charge is 0.259 e. The maximum absolute atomic E-state index is 13.0. The summed E-state index contributed by atoms with van der Waals surface area (Å²) >= 11 is 0. The minimum Gasteiger partial charge on any atom is -0.481 e. The molecule has 3 rings (SSSR count). The highest BCUT2D eigenvalue weighted by Gasteiger charge is 2.37. The molecule has 0 spiro atoms. The molecule has 2 aliphatic rings. The first-order valence-corrected chi connectivity index (χ1v) is 8.95. The van der Waals surface area contributed by atoms with Crippen LogP contribution in [0.15, 0.2) is 12.1 Å². The van der Waals surface area contributed by atoms with E-state index in [1.807, 2.05) is 0 Å². The molecule has 144 valence electrons. The standard InChI is InChI=1S/C18H27N3O5/c1-24-15-6-5-14(16(19-15)25-2)17(22)21-9-10-26-13-18(23,12-21)11-20-7-3-4-8-20/h5-6,23H,3-4,7-13H2,1-2H3. The molecule has 1 N–H and O–H groups in total. The molecule has 3 heterocycles. The number of amides is 1. The zero-order valence-electron chi connectivity index (χ0n) is 15.4. The van der Waals surface area contributed by atoms with E-state index in [1.54, 1.807) is 17.0 Å². The van der Waals surface area contributed by atoms with Gasteiger partial charge in [-0.2, -0.15) is 4.98 Å². The lowest BCUT2D eigenvalue weighted by Gasteiger charge is -2.34. The number of likely N-dealkylation sites (tertiary alicyclic amines) is 1. The molecule has 0 bridgehead atoms. The van der Waals surface area contributed by atoms with Crippen LogP contribution < -0.4 is 9.47 Å². The number of carbonyl (C=O) groups is 1. The Bertz CT molecular complexity index is 635. The van der Waals surface area contributed by atoms with Crippen molar-refractivity contribution in [3.8, 4) is 11.8 Å². The van der Waals surface area contributed by atoms with Gasteiger partial charge in [0.2, 0.25) is 11.8 Å². The average molecular weight is 365 g/mol. The van der Waals surface area contributed by atoms with E-state index in [2.05, 4.69) is 9.88 Å². The maximum atomic E-state index is 13.0. The molecule has 0 aliphatic carbocycles. The second-order valence-electron chi connectivity index (χ2n) is 6.90. The van der Waals surface area contributed by atoms with Crippen molar-refractivity contribution < 1.29 is 24.1 Å². The quantitative estimate of drug-likeness (QED) is 0.808. The van der Waals surface area contributed by atoms with Gasteiger partial charge in [-0.15, -0.1) is 0 Å². The lowest BCUT2D eigenvalue weighted by Crippen LogP contribution is -2.53. The van der Waals surface area contributed by atoms with Crippen molar-refractivity contribution in [3.05, 3.63) is 17.7 Å². The van der Waals surface area contributed by atoms with E-state index in [4.69, 9.17) is 14.2 Å². The summed E-state index contributed by atoms with van der Waals surface area (Å²) in [6.45, 7) is 3.72. The minimum absolute atomic E-state index is 0.211. The van der Waals surface area contributed by atoms with Gasteiger partial charge < -0.3 is 29.1 Å². The number of carbonyl (C=O) groups excluding carboxylic acids is 1. The van der Waals surface area contributed by atoms with Crippen molar-refractivity contribution >= 4 is 5.91 Å². The molecular formula is C18H27N3O5. The van der Waals surface area contributed by atoms with E-state index in [0.29, 0.717) is 31.1 Å². The van der Waals surface area contributed by atoms with Gasteiger partial charge in [-0.3, -0.25) is 4.79 Å². The topological polar surface area (TPSA) is 84.4 Å². The van der Waals surface area contributed by atoms with Gasteiger partial charge in [-0.05, 0) is 32.0 Å². The lowest BCUT2D eigenvalue weighted by molar-refractivity contribution is -0.0524. The van der Waals surface area contributed by atoms with E-state index >= 15 is 0 Å². The van der Waals surface area contributed by atoms with E-state index in [-0.39, 0.29) is 24.9 Å². The molecule has 1 aromatic rings. The van der Waals surface area contributed by atoms with Gasteiger partial charge in [0.25, 0.3) is 5.91 Å². The third-order valence-corrected chi connectivity index (χ3v) is 4.83. The normalized spacial score (nSPS) is 24.3.